The summed E-state index contributed by atoms with van der Waals surface area (Å²) < 4.78 is 13.9. The molecule has 1 amide bonds. The predicted octanol–water partition coefficient (Wildman–Crippen LogP) is 3.27. The summed E-state index contributed by atoms with van der Waals surface area (Å²) in [5, 5.41) is 1.03. The molecule has 0 bridgehead atoms. The van der Waals surface area contributed by atoms with Gasteiger partial charge in [-0.05, 0) is 24.3 Å². The molecule has 3 aromatic rings. The van der Waals surface area contributed by atoms with Gasteiger partial charge in [-0.25, -0.2) is 4.39 Å². The third-order valence-corrected chi connectivity index (χ3v) is 4.58. The normalized spacial score (nSPS) is 15.0. The molecule has 1 aliphatic heterocycles. The van der Waals surface area contributed by atoms with Gasteiger partial charge in [-0.15, -0.1) is 0 Å². The van der Waals surface area contributed by atoms with E-state index in [0.29, 0.717) is 37.4 Å². The molecule has 0 spiro atoms. The quantitative estimate of drug-likeness (QED) is 0.786. The van der Waals surface area contributed by atoms with E-state index in [2.05, 4.69) is 4.98 Å². The lowest BCUT2D eigenvalue weighted by molar-refractivity contribution is 0.0748. The summed E-state index contributed by atoms with van der Waals surface area (Å²) in [5.41, 5.74) is 2.17. The summed E-state index contributed by atoms with van der Waals surface area (Å²) in [5.74, 6) is -0.190. The number of nitrogens with zero attached hydrogens (tertiary/aromatic N) is 2. The second kappa shape index (κ2) is 6.00. The lowest BCUT2D eigenvalue weighted by atomic mass is 10.1. The van der Waals surface area contributed by atoms with Crippen LogP contribution in [0.3, 0.4) is 0 Å². The number of hydrogen-bond acceptors (Lipinski definition) is 2. The van der Waals surface area contributed by atoms with Gasteiger partial charge >= 0.3 is 0 Å². The van der Waals surface area contributed by atoms with E-state index < -0.39 is 0 Å². The largest absolute Gasteiger partial charge is 0.366 e. The lowest BCUT2D eigenvalue weighted by Crippen LogP contribution is -2.49. The number of hydrogen-bond donors (Lipinski definition) is 1. The molecule has 0 radical (unpaired) electrons. The van der Waals surface area contributed by atoms with Crippen LogP contribution in [0.1, 0.15) is 10.4 Å². The number of halogens is 1. The number of H-pyrrole nitrogens is 1. The predicted molar refractivity (Wildman–Crippen MR) is 92.8 cm³/mol. The first-order chi connectivity index (χ1) is 11.7. The second-order valence-corrected chi connectivity index (χ2v) is 5.98. The molecule has 1 N–H and O–H groups in total. The molecule has 4 rings (SSSR count). The van der Waals surface area contributed by atoms with Gasteiger partial charge in [-0.1, -0.05) is 24.3 Å². The van der Waals surface area contributed by atoms with Crippen LogP contribution in [0.25, 0.3) is 10.9 Å². The fourth-order valence-electron chi connectivity index (χ4n) is 3.29. The van der Waals surface area contributed by atoms with Gasteiger partial charge in [0.2, 0.25) is 0 Å². The van der Waals surface area contributed by atoms with Crippen molar-refractivity contribution >= 4 is 22.5 Å². The molecule has 1 aromatic heterocycles. The van der Waals surface area contributed by atoms with Gasteiger partial charge in [0, 0.05) is 37.8 Å². The minimum Gasteiger partial charge on any atom is -0.366 e. The molecular formula is C19H18FN3O. The first-order valence-corrected chi connectivity index (χ1v) is 8.09. The van der Waals surface area contributed by atoms with E-state index in [9.17, 15) is 9.18 Å². The molecule has 1 aliphatic rings. The number of carbonyl (C=O) groups excluding carboxylic acids is 1. The summed E-state index contributed by atoms with van der Waals surface area (Å²) in [6.07, 6.45) is 1.84. The van der Waals surface area contributed by atoms with E-state index in [-0.39, 0.29) is 11.7 Å². The summed E-state index contributed by atoms with van der Waals surface area (Å²) in [4.78, 5) is 19.8. The average Bonchev–Trinajstić information content (AvgIpc) is 3.10. The number of para-hydroxylation sites is 2. The van der Waals surface area contributed by atoms with E-state index in [1.165, 1.54) is 6.07 Å². The van der Waals surface area contributed by atoms with Gasteiger partial charge < -0.3 is 14.8 Å². The fourth-order valence-corrected chi connectivity index (χ4v) is 3.29. The summed E-state index contributed by atoms with van der Waals surface area (Å²) in [6, 6.07) is 14.5. The van der Waals surface area contributed by atoms with Crippen molar-refractivity contribution in [3.63, 3.8) is 0 Å². The van der Waals surface area contributed by atoms with Crippen LogP contribution in [0.4, 0.5) is 10.1 Å². The second-order valence-electron chi connectivity index (χ2n) is 5.98. The maximum absolute atomic E-state index is 13.9. The molecule has 5 heteroatoms. The lowest BCUT2D eigenvalue weighted by Gasteiger charge is -2.36. The van der Waals surface area contributed by atoms with Gasteiger partial charge in [-0.3, -0.25) is 4.79 Å². The highest BCUT2D eigenvalue weighted by atomic mass is 19.1. The highest BCUT2D eigenvalue weighted by Crippen LogP contribution is 2.22. The van der Waals surface area contributed by atoms with Crippen molar-refractivity contribution in [3.8, 4) is 0 Å². The zero-order valence-corrected chi connectivity index (χ0v) is 13.2. The molecule has 0 saturated carbocycles. The molecule has 2 heterocycles. The van der Waals surface area contributed by atoms with Crippen LogP contribution in [0.5, 0.6) is 0 Å². The monoisotopic (exact) mass is 323 g/mol. The number of amides is 1. The number of rotatable bonds is 2. The summed E-state index contributed by atoms with van der Waals surface area (Å²) >= 11 is 0. The number of benzene rings is 2. The van der Waals surface area contributed by atoms with Crippen LogP contribution in [-0.2, 0) is 0 Å². The van der Waals surface area contributed by atoms with E-state index in [4.69, 9.17) is 0 Å². The number of nitrogens with one attached hydrogen (secondary N) is 1. The molecule has 0 aliphatic carbocycles. The minimum atomic E-state index is -0.214. The van der Waals surface area contributed by atoms with Crippen LogP contribution in [-0.4, -0.2) is 42.0 Å². The van der Waals surface area contributed by atoms with Crippen molar-refractivity contribution in [1.82, 2.24) is 9.88 Å². The summed E-state index contributed by atoms with van der Waals surface area (Å²) in [7, 11) is 0. The maximum Gasteiger partial charge on any atom is 0.256 e. The number of anilines is 1. The van der Waals surface area contributed by atoms with Gasteiger partial charge in [0.05, 0.1) is 16.8 Å². The van der Waals surface area contributed by atoms with Crippen molar-refractivity contribution in [2.45, 2.75) is 0 Å². The Morgan fingerprint density at radius 3 is 2.54 bits per heavy atom. The zero-order chi connectivity index (χ0) is 16.5. The zero-order valence-electron chi connectivity index (χ0n) is 13.2. The number of carbonyl (C=O) groups is 1. The van der Waals surface area contributed by atoms with Crippen molar-refractivity contribution in [2.75, 3.05) is 31.1 Å². The molecule has 1 fully saturated rings. The Balaban J connectivity index is 1.51. The molecular weight excluding hydrogens is 305 g/mol. The van der Waals surface area contributed by atoms with Crippen LogP contribution in [0.2, 0.25) is 0 Å². The molecule has 0 atom stereocenters. The van der Waals surface area contributed by atoms with E-state index >= 15 is 0 Å². The Morgan fingerprint density at radius 1 is 0.958 bits per heavy atom. The molecule has 4 nitrogen and oxygen atoms in total. The van der Waals surface area contributed by atoms with Crippen molar-refractivity contribution < 1.29 is 9.18 Å². The smallest absolute Gasteiger partial charge is 0.256 e. The standard InChI is InChI=1S/C19H18FN3O/c20-16-6-1-2-7-17(16)22-10-12-23(13-11-22)19(24)15-5-3-4-14-8-9-21-18(14)15/h1-9,21H,10-13H2. The number of aromatic amines is 1. The van der Waals surface area contributed by atoms with Gasteiger partial charge in [0.1, 0.15) is 5.82 Å². The summed E-state index contributed by atoms with van der Waals surface area (Å²) in [6.45, 7) is 2.44. The molecule has 2 aromatic carbocycles. The number of piperazine rings is 1. The Bertz CT molecular complexity index is 881. The molecule has 0 unspecified atom stereocenters. The Kier molecular flexibility index (Phi) is 3.69. The first-order valence-electron chi connectivity index (χ1n) is 8.09. The van der Waals surface area contributed by atoms with Crippen LogP contribution in [0.15, 0.2) is 54.7 Å². The highest BCUT2D eigenvalue weighted by molar-refractivity contribution is 6.05. The van der Waals surface area contributed by atoms with Gasteiger partial charge in [-0.2, -0.15) is 0 Å². The van der Waals surface area contributed by atoms with Crippen LogP contribution < -0.4 is 4.90 Å². The van der Waals surface area contributed by atoms with Crippen molar-refractivity contribution in [3.05, 3.63) is 66.1 Å². The average molecular weight is 323 g/mol. The van der Waals surface area contributed by atoms with E-state index in [0.717, 1.165) is 10.9 Å². The first kappa shape index (κ1) is 14.8. The third-order valence-electron chi connectivity index (χ3n) is 4.58. The maximum atomic E-state index is 13.9. The van der Waals surface area contributed by atoms with E-state index in [1.54, 1.807) is 12.1 Å². The number of aromatic nitrogens is 1. The van der Waals surface area contributed by atoms with E-state index in [1.807, 2.05) is 46.3 Å². The van der Waals surface area contributed by atoms with Crippen LogP contribution in [0, 0.1) is 5.82 Å². The van der Waals surface area contributed by atoms with Gasteiger partial charge in [0.15, 0.2) is 0 Å². The minimum absolute atomic E-state index is 0.0243. The third kappa shape index (κ3) is 2.52. The van der Waals surface area contributed by atoms with Gasteiger partial charge in [0.25, 0.3) is 5.91 Å². The van der Waals surface area contributed by atoms with Crippen molar-refractivity contribution in [1.29, 1.82) is 0 Å². The fraction of sp³-hybridized carbons (Fsp3) is 0.211. The van der Waals surface area contributed by atoms with Crippen LogP contribution >= 0.6 is 0 Å². The molecule has 1 saturated heterocycles. The molecule has 24 heavy (non-hydrogen) atoms. The topological polar surface area (TPSA) is 39.3 Å². The Morgan fingerprint density at radius 2 is 1.75 bits per heavy atom. The van der Waals surface area contributed by atoms with Crippen molar-refractivity contribution in [2.24, 2.45) is 0 Å². The Hall–Kier alpha value is -2.82. The highest BCUT2D eigenvalue weighted by Gasteiger charge is 2.24. The SMILES string of the molecule is O=C(c1cccc2cc[nH]c12)N1CCN(c2ccccc2F)CC1. The number of fused-ring (bicyclic) bond motifs is 1. The Labute approximate surface area is 139 Å². The molecule has 122 valence electrons.